The fraction of sp³-hybridized carbons (Fsp3) is 0. The molecule has 0 saturated heterocycles. The molecule has 1 aromatic heterocycles. The third-order valence-corrected chi connectivity index (χ3v) is 7.87. The van der Waals surface area contributed by atoms with Crippen molar-refractivity contribution in [3.05, 3.63) is 158 Å². The van der Waals surface area contributed by atoms with Crippen LogP contribution in [0.2, 0.25) is 0 Å². The number of aromatic nitrogens is 1. The van der Waals surface area contributed by atoms with Crippen LogP contribution in [0.5, 0.6) is 0 Å². The normalized spacial score (nSPS) is 11.3. The van der Waals surface area contributed by atoms with Gasteiger partial charge in [-0.15, -0.1) is 0 Å². The Morgan fingerprint density at radius 1 is 0.452 bits per heavy atom. The summed E-state index contributed by atoms with van der Waals surface area (Å²) >= 11 is 0. The molecule has 42 heavy (non-hydrogen) atoms. The smallest absolute Gasteiger partial charge is 0.227 e. The largest absolute Gasteiger partial charge is 0.436 e. The summed E-state index contributed by atoms with van der Waals surface area (Å²) in [5, 5.41) is 4.62. The molecule has 0 atom stereocenters. The van der Waals surface area contributed by atoms with Crippen LogP contribution in [0.4, 0.5) is 17.1 Å². The Balaban J connectivity index is 1.24. The minimum atomic E-state index is 0.642. The van der Waals surface area contributed by atoms with E-state index in [1.807, 2.05) is 36.4 Å². The second-order valence-corrected chi connectivity index (χ2v) is 10.5. The molecule has 0 saturated carbocycles. The van der Waals surface area contributed by atoms with Crippen molar-refractivity contribution in [2.45, 2.75) is 0 Å². The highest BCUT2D eigenvalue weighted by molar-refractivity contribution is 6.19. The summed E-state index contributed by atoms with van der Waals surface area (Å²) in [6, 6.07) is 55.1. The number of hydrogen-bond donors (Lipinski definition) is 0. The van der Waals surface area contributed by atoms with Crippen LogP contribution in [0.1, 0.15) is 0 Å². The van der Waals surface area contributed by atoms with Gasteiger partial charge in [0, 0.05) is 28.0 Å². The number of oxazole rings is 1. The van der Waals surface area contributed by atoms with Crippen molar-refractivity contribution in [1.29, 1.82) is 0 Å². The third-order valence-electron chi connectivity index (χ3n) is 7.87. The first-order chi connectivity index (χ1) is 20.8. The summed E-state index contributed by atoms with van der Waals surface area (Å²) in [5.41, 5.74) is 8.35. The molecule has 7 aromatic carbocycles. The average molecular weight is 539 g/mol. The van der Waals surface area contributed by atoms with Gasteiger partial charge in [-0.2, -0.15) is 0 Å². The van der Waals surface area contributed by atoms with Crippen molar-refractivity contribution in [2.75, 3.05) is 4.90 Å². The molecule has 0 aliphatic rings. The highest BCUT2D eigenvalue weighted by Gasteiger charge is 2.15. The van der Waals surface area contributed by atoms with Crippen LogP contribution in [0.15, 0.2) is 162 Å². The fourth-order valence-electron chi connectivity index (χ4n) is 5.82. The summed E-state index contributed by atoms with van der Waals surface area (Å²) < 4.78 is 6.22. The summed E-state index contributed by atoms with van der Waals surface area (Å²) in [6.07, 6.45) is 0. The van der Waals surface area contributed by atoms with E-state index in [2.05, 4.69) is 126 Å². The monoisotopic (exact) mass is 538 g/mol. The van der Waals surface area contributed by atoms with E-state index < -0.39 is 0 Å². The van der Waals surface area contributed by atoms with E-state index in [4.69, 9.17) is 9.40 Å². The van der Waals surface area contributed by atoms with Crippen molar-refractivity contribution in [1.82, 2.24) is 4.98 Å². The molecule has 0 fully saturated rings. The average Bonchev–Trinajstić information content (AvgIpc) is 3.51. The second kappa shape index (κ2) is 10.1. The van der Waals surface area contributed by atoms with E-state index in [0.717, 1.165) is 55.6 Å². The van der Waals surface area contributed by atoms with Gasteiger partial charge in [-0.05, 0) is 87.9 Å². The SMILES string of the molecule is c1ccc(-c2nc3c(ccc4ccc5ccc(-c6ccc(N(c7ccccc7)c7ccccc7)cc6)cc5c43)o2)cc1. The Hall–Kier alpha value is -5.67. The van der Waals surface area contributed by atoms with Crippen LogP contribution in [0, 0.1) is 0 Å². The van der Waals surface area contributed by atoms with Crippen molar-refractivity contribution < 1.29 is 4.42 Å². The van der Waals surface area contributed by atoms with Gasteiger partial charge in [0.25, 0.3) is 0 Å². The van der Waals surface area contributed by atoms with Crippen molar-refractivity contribution in [2.24, 2.45) is 0 Å². The van der Waals surface area contributed by atoms with Crippen molar-refractivity contribution >= 4 is 49.7 Å². The lowest BCUT2D eigenvalue weighted by atomic mass is 9.96. The Labute approximate surface area is 243 Å². The van der Waals surface area contributed by atoms with Crippen molar-refractivity contribution in [3.8, 4) is 22.6 Å². The zero-order chi connectivity index (χ0) is 27.9. The van der Waals surface area contributed by atoms with Gasteiger partial charge in [-0.1, -0.05) is 97.1 Å². The predicted molar refractivity (Wildman–Crippen MR) is 175 cm³/mol. The van der Waals surface area contributed by atoms with Gasteiger partial charge in [0.15, 0.2) is 5.58 Å². The lowest BCUT2D eigenvalue weighted by molar-refractivity contribution is 0.620. The van der Waals surface area contributed by atoms with E-state index in [1.54, 1.807) is 0 Å². The number of benzene rings is 7. The molecule has 8 aromatic rings. The number of para-hydroxylation sites is 2. The van der Waals surface area contributed by atoms with E-state index in [-0.39, 0.29) is 0 Å². The highest BCUT2D eigenvalue weighted by Crippen LogP contribution is 2.38. The first-order valence-electron chi connectivity index (χ1n) is 14.1. The van der Waals surface area contributed by atoms with Crippen LogP contribution in [0.25, 0.3) is 55.2 Å². The Kier molecular flexibility index (Phi) is 5.79. The molecule has 0 aliphatic heterocycles. The first kappa shape index (κ1) is 24.2. The van der Waals surface area contributed by atoms with Gasteiger partial charge < -0.3 is 9.32 Å². The van der Waals surface area contributed by atoms with E-state index in [0.29, 0.717) is 5.89 Å². The molecule has 3 nitrogen and oxygen atoms in total. The maximum absolute atomic E-state index is 6.22. The Bertz CT molecular complexity index is 2130. The lowest BCUT2D eigenvalue weighted by Crippen LogP contribution is -2.09. The molecule has 198 valence electrons. The molecule has 0 aliphatic carbocycles. The van der Waals surface area contributed by atoms with Crippen molar-refractivity contribution in [3.63, 3.8) is 0 Å². The first-order valence-corrected chi connectivity index (χ1v) is 14.1. The zero-order valence-corrected chi connectivity index (χ0v) is 22.8. The molecule has 0 N–H and O–H groups in total. The van der Waals surface area contributed by atoms with Gasteiger partial charge >= 0.3 is 0 Å². The third kappa shape index (κ3) is 4.20. The summed E-state index contributed by atoms with van der Waals surface area (Å²) in [6.45, 7) is 0. The Morgan fingerprint density at radius 2 is 1.00 bits per heavy atom. The van der Waals surface area contributed by atoms with Crippen LogP contribution >= 0.6 is 0 Å². The molecule has 0 bridgehead atoms. The number of nitrogens with zero attached hydrogens (tertiary/aromatic N) is 2. The van der Waals surface area contributed by atoms with Gasteiger partial charge in [0.2, 0.25) is 5.89 Å². The summed E-state index contributed by atoms with van der Waals surface area (Å²) in [4.78, 5) is 7.26. The molecule has 0 spiro atoms. The molecular weight excluding hydrogens is 512 g/mol. The van der Waals surface area contributed by atoms with E-state index in [1.165, 1.54) is 10.8 Å². The van der Waals surface area contributed by atoms with E-state index in [9.17, 15) is 0 Å². The topological polar surface area (TPSA) is 29.3 Å². The molecule has 1 heterocycles. The van der Waals surface area contributed by atoms with Gasteiger partial charge in [0.05, 0.1) is 0 Å². The van der Waals surface area contributed by atoms with Crippen LogP contribution in [-0.2, 0) is 0 Å². The number of hydrogen-bond acceptors (Lipinski definition) is 3. The lowest BCUT2D eigenvalue weighted by Gasteiger charge is -2.25. The number of anilines is 3. The molecular formula is C39H26N2O. The van der Waals surface area contributed by atoms with Gasteiger partial charge in [-0.3, -0.25) is 0 Å². The highest BCUT2D eigenvalue weighted by atomic mass is 16.3. The molecule has 3 heteroatoms. The second-order valence-electron chi connectivity index (χ2n) is 10.5. The van der Waals surface area contributed by atoms with E-state index >= 15 is 0 Å². The van der Waals surface area contributed by atoms with Crippen LogP contribution in [-0.4, -0.2) is 4.98 Å². The minimum absolute atomic E-state index is 0.642. The standard InChI is InChI=1S/C39H26N2O/c1-4-10-30(11-5-1)39-40-38-36(42-39)25-22-29-18-16-28-17-19-31(26-35(28)37(29)38)27-20-23-34(24-21-27)41(32-12-6-2-7-13-32)33-14-8-3-9-15-33/h1-26H. The number of fused-ring (bicyclic) bond motifs is 5. The summed E-state index contributed by atoms with van der Waals surface area (Å²) in [7, 11) is 0. The van der Waals surface area contributed by atoms with Crippen LogP contribution in [0.3, 0.4) is 0 Å². The fourth-order valence-corrected chi connectivity index (χ4v) is 5.82. The maximum Gasteiger partial charge on any atom is 0.227 e. The molecule has 0 unspecified atom stereocenters. The predicted octanol–water partition coefficient (Wildman–Crippen LogP) is 10.9. The summed E-state index contributed by atoms with van der Waals surface area (Å²) in [5.74, 6) is 0.642. The molecule has 0 radical (unpaired) electrons. The molecule has 0 amide bonds. The number of rotatable bonds is 5. The zero-order valence-electron chi connectivity index (χ0n) is 22.8. The van der Waals surface area contributed by atoms with Gasteiger partial charge in [-0.25, -0.2) is 4.98 Å². The van der Waals surface area contributed by atoms with Crippen LogP contribution < -0.4 is 4.90 Å². The minimum Gasteiger partial charge on any atom is -0.436 e. The Morgan fingerprint density at radius 3 is 1.69 bits per heavy atom. The maximum atomic E-state index is 6.22. The van der Waals surface area contributed by atoms with Gasteiger partial charge in [0.1, 0.15) is 5.52 Å². The quantitative estimate of drug-likeness (QED) is 0.204. The molecule has 8 rings (SSSR count).